The number of fused-ring (bicyclic) bond motifs is 11. The molecule has 0 fully saturated rings. The highest BCUT2D eigenvalue weighted by atomic mass is 32.1. The SMILES string of the molecule is c1ccc(-c2c3ccccc3c(-c3ccc(-c4ccc5c(c4)c4ccccc4c4c6cc7ccccc7cc6sc54)cc3)c3ccccc23)cc1. The summed E-state index contributed by atoms with van der Waals surface area (Å²) in [5, 5.41) is 15.7. The van der Waals surface area contributed by atoms with Crippen LogP contribution in [0, 0.1) is 0 Å². The summed E-state index contributed by atoms with van der Waals surface area (Å²) in [4.78, 5) is 0. The van der Waals surface area contributed by atoms with Crippen LogP contribution in [-0.2, 0) is 0 Å². The third kappa shape index (κ3) is 4.32. The molecule has 0 aliphatic rings. The maximum atomic E-state index is 2.41. The molecule has 0 spiro atoms. The average Bonchev–Trinajstić information content (AvgIpc) is 3.58. The van der Waals surface area contributed by atoms with Crippen molar-refractivity contribution in [3.63, 3.8) is 0 Å². The summed E-state index contributed by atoms with van der Waals surface area (Å²) >= 11 is 1.92. The number of benzene rings is 10. The first-order valence-electron chi connectivity index (χ1n) is 17.6. The zero-order valence-electron chi connectivity index (χ0n) is 27.7. The van der Waals surface area contributed by atoms with Crippen molar-refractivity contribution in [3.8, 4) is 33.4 Å². The van der Waals surface area contributed by atoms with Gasteiger partial charge in [-0.1, -0.05) is 164 Å². The van der Waals surface area contributed by atoms with E-state index in [-0.39, 0.29) is 0 Å². The summed E-state index contributed by atoms with van der Waals surface area (Å²) < 4.78 is 2.71. The fourth-order valence-corrected chi connectivity index (χ4v) is 9.79. The molecule has 0 saturated heterocycles. The minimum Gasteiger partial charge on any atom is -0.134 e. The Balaban J connectivity index is 1.09. The predicted octanol–water partition coefficient (Wildman–Crippen LogP) is 14.8. The molecule has 11 rings (SSSR count). The van der Waals surface area contributed by atoms with Gasteiger partial charge in [0.2, 0.25) is 0 Å². The Morgan fingerprint density at radius 3 is 1.41 bits per heavy atom. The summed E-state index contributed by atoms with van der Waals surface area (Å²) in [5.41, 5.74) is 7.53. The highest BCUT2D eigenvalue weighted by molar-refractivity contribution is 7.27. The van der Waals surface area contributed by atoms with E-state index in [1.807, 2.05) is 11.3 Å². The normalized spacial score (nSPS) is 11.9. The Labute approximate surface area is 299 Å². The van der Waals surface area contributed by atoms with E-state index in [9.17, 15) is 0 Å². The van der Waals surface area contributed by atoms with Crippen molar-refractivity contribution >= 4 is 85.4 Å². The smallest absolute Gasteiger partial charge is 0.0440 e. The number of thiophene rings is 1. The monoisotopic (exact) mass is 662 g/mol. The van der Waals surface area contributed by atoms with Crippen molar-refractivity contribution in [3.05, 3.63) is 182 Å². The number of hydrogen-bond acceptors (Lipinski definition) is 1. The zero-order valence-corrected chi connectivity index (χ0v) is 28.5. The van der Waals surface area contributed by atoms with E-state index in [0.29, 0.717) is 0 Å². The van der Waals surface area contributed by atoms with E-state index >= 15 is 0 Å². The van der Waals surface area contributed by atoms with Gasteiger partial charge in [0.15, 0.2) is 0 Å². The van der Waals surface area contributed by atoms with Crippen LogP contribution < -0.4 is 0 Å². The molecule has 1 heterocycles. The molecular weight excluding hydrogens is 633 g/mol. The molecule has 0 aliphatic carbocycles. The first-order valence-corrected chi connectivity index (χ1v) is 18.4. The molecule has 0 unspecified atom stereocenters. The lowest BCUT2D eigenvalue weighted by Gasteiger charge is -2.18. The van der Waals surface area contributed by atoms with E-state index in [1.165, 1.54) is 107 Å². The Morgan fingerprint density at radius 1 is 0.275 bits per heavy atom. The van der Waals surface area contributed by atoms with Crippen LogP contribution in [0.3, 0.4) is 0 Å². The number of rotatable bonds is 3. The van der Waals surface area contributed by atoms with Gasteiger partial charge in [0.05, 0.1) is 0 Å². The Bertz CT molecular complexity index is 3110. The molecule has 51 heavy (non-hydrogen) atoms. The van der Waals surface area contributed by atoms with Crippen LogP contribution in [0.5, 0.6) is 0 Å². The van der Waals surface area contributed by atoms with Gasteiger partial charge in [-0.2, -0.15) is 0 Å². The highest BCUT2D eigenvalue weighted by Gasteiger charge is 2.18. The first-order chi connectivity index (χ1) is 25.3. The van der Waals surface area contributed by atoms with E-state index in [4.69, 9.17) is 0 Å². The van der Waals surface area contributed by atoms with Gasteiger partial charge >= 0.3 is 0 Å². The zero-order chi connectivity index (χ0) is 33.5. The summed E-state index contributed by atoms with van der Waals surface area (Å²) in [7, 11) is 0. The van der Waals surface area contributed by atoms with Crippen LogP contribution in [-0.4, -0.2) is 0 Å². The van der Waals surface area contributed by atoms with Gasteiger partial charge in [0, 0.05) is 25.6 Å². The maximum Gasteiger partial charge on any atom is 0.0440 e. The molecule has 1 aromatic heterocycles. The van der Waals surface area contributed by atoms with Crippen molar-refractivity contribution in [2.24, 2.45) is 0 Å². The minimum atomic E-state index is 1.22. The summed E-state index contributed by atoms with van der Waals surface area (Å²) in [6, 6.07) is 67.3. The van der Waals surface area contributed by atoms with Crippen molar-refractivity contribution in [1.82, 2.24) is 0 Å². The van der Waals surface area contributed by atoms with E-state index < -0.39 is 0 Å². The second kappa shape index (κ2) is 11.1. The molecule has 0 radical (unpaired) electrons. The Morgan fingerprint density at radius 2 is 0.765 bits per heavy atom. The second-order valence-electron chi connectivity index (χ2n) is 13.6. The van der Waals surface area contributed by atoms with Gasteiger partial charge < -0.3 is 0 Å². The second-order valence-corrected chi connectivity index (χ2v) is 14.6. The van der Waals surface area contributed by atoms with Gasteiger partial charge in [0.25, 0.3) is 0 Å². The molecule has 0 aliphatic heterocycles. The van der Waals surface area contributed by atoms with Crippen LogP contribution in [0.2, 0.25) is 0 Å². The van der Waals surface area contributed by atoms with E-state index in [0.717, 1.165) is 0 Å². The van der Waals surface area contributed by atoms with Crippen molar-refractivity contribution in [2.45, 2.75) is 0 Å². The minimum absolute atomic E-state index is 1.22. The molecule has 0 saturated carbocycles. The molecule has 0 bridgehead atoms. The third-order valence-corrected chi connectivity index (χ3v) is 12.0. The predicted molar refractivity (Wildman–Crippen MR) is 223 cm³/mol. The fraction of sp³-hybridized carbons (Fsp3) is 0. The summed E-state index contributed by atoms with van der Waals surface area (Å²) in [6.45, 7) is 0. The first kappa shape index (κ1) is 28.5. The molecule has 0 nitrogen and oxygen atoms in total. The Kier molecular flexibility index (Phi) is 6.22. The molecule has 10 aromatic carbocycles. The van der Waals surface area contributed by atoms with Crippen molar-refractivity contribution < 1.29 is 0 Å². The van der Waals surface area contributed by atoms with Crippen LogP contribution in [0.15, 0.2) is 182 Å². The van der Waals surface area contributed by atoms with Crippen LogP contribution >= 0.6 is 11.3 Å². The van der Waals surface area contributed by atoms with Crippen LogP contribution in [0.1, 0.15) is 0 Å². The third-order valence-electron chi connectivity index (χ3n) is 10.8. The standard InChI is InChI=1S/C50H30S/c1-2-12-32(13-3-1)47-39-18-8-10-20-41(39)48(42-21-11-9-19-40(42)47)33-24-22-31(23-25-33)36-26-27-43-44(28-36)37-16-6-7-17-38(37)49-45-29-34-14-4-5-15-35(34)30-46(45)51-50(43)49/h1-30H. The maximum absolute atomic E-state index is 2.41. The van der Waals surface area contributed by atoms with Gasteiger partial charge in [-0.3, -0.25) is 0 Å². The molecule has 11 aromatic rings. The highest BCUT2D eigenvalue weighted by Crippen LogP contribution is 2.47. The van der Waals surface area contributed by atoms with Gasteiger partial charge in [-0.15, -0.1) is 11.3 Å². The molecule has 0 atom stereocenters. The lowest BCUT2D eigenvalue weighted by Crippen LogP contribution is -1.90. The lowest BCUT2D eigenvalue weighted by molar-refractivity contribution is 1.63. The molecule has 236 valence electrons. The van der Waals surface area contributed by atoms with Gasteiger partial charge in [0.1, 0.15) is 0 Å². The molecule has 0 amide bonds. The fourth-order valence-electron chi connectivity index (χ4n) is 8.50. The summed E-state index contributed by atoms with van der Waals surface area (Å²) in [5.74, 6) is 0. The van der Waals surface area contributed by atoms with Gasteiger partial charge in [-0.25, -0.2) is 0 Å². The lowest BCUT2D eigenvalue weighted by atomic mass is 9.85. The van der Waals surface area contributed by atoms with Crippen molar-refractivity contribution in [2.75, 3.05) is 0 Å². The van der Waals surface area contributed by atoms with E-state index in [2.05, 4.69) is 182 Å². The number of hydrogen-bond donors (Lipinski definition) is 0. The van der Waals surface area contributed by atoms with Crippen molar-refractivity contribution in [1.29, 1.82) is 0 Å². The van der Waals surface area contributed by atoms with Gasteiger partial charge in [-0.05, 0) is 100 Å². The van der Waals surface area contributed by atoms with Crippen LogP contribution in [0.25, 0.3) is 107 Å². The topological polar surface area (TPSA) is 0 Å². The molecular formula is C50H30S. The Hall–Kier alpha value is -6.28. The largest absolute Gasteiger partial charge is 0.134 e. The molecule has 0 N–H and O–H groups in total. The summed E-state index contributed by atoms with van der Waals surface area (Å²) in [6.07, 6.45) is 0. The van der Waals surface area contributed by atoms with Crippen LogP contribution in [0.4, 0.5) is 0 Å². The molecule has 1 heteroatoms. The average molecular weight is 663 g/mol. The van der Waals surface area contributed by atoms with E-state index in [1.54, 1.807) is 0 Å². The quantitative estimate of drug-likeness (QED) is 0.130.